The molecular formula is C28H25N3O6S2. The normalized spacial score (nSPS) is 13.8. The number of benzene rings is 3. The Kier molecular flexibility index (Phi) is 9.18. The van der Waals surface area contributed by atoms with Crippen molar-refractivity contribution in [2.45, 2.75) is 6.92 Å². The van der Waals surface area contributed by atoms with Gasteiger partial charge in [-0.05, 0) is 67.2 Å². The lowest BCUT2D eigenvalue weighted by Gasteiger charge is -2.15. The maximum absolute atomic E-state index is 13.0. The molecule has 9 nitrogen and oxygen atoms in total. The van der Waals surface area contributed by atoms with Gasteiger partial charge in [-0.1, -0.05) is 48.2 Å². The fraction of sp³-hybridized carbons (Fsp3) is 0.143. The number of nitrogens with zero attached hydrogens (tertiary/aromatic N) is 1. The first-order valence-electron chi connectivity index (χ1n) is 11.9. The Bertz CT molecular complexity index is 1430. The first-order chi connectivity index (χ1) is 18.9. The van der Waals surface area contributed by atoms with Gasteiger partial charge in [-0.25, -0.2) is 0 Å². The number of ether oxygens (including phenoxy) is 3. The van der Waals surface area contributed by atoms with E-state index >= 15 is 0 Å². The molecule has 0 bridgehead atoms. The third kappa shape index (κ3) is 6.95. The van der Waals surface area contributed by atoms with E-state index < -0.39 is 11.8 Å². The first-order valence-corrected chi connectivity index (χ1v) is 13.1. The van der Waals surface area contributed by atoms with E-state index in [-0.39, 0.29) is 16.8 Å². The highest BCUT2D eigenvalue weighted by Gasteiger charge is 2.33. The van der Waals surface area contributed by atoms with Crippen LogP contribution in [-0.4, -0.2) is 47.4 Å². The van der Waals surface area contributed by atoms with Crippen LogP contribution in [0.25, 0.3) is 6.08 Å². The second kappa shape index (κ2) is 12.9. The van der Waals surface area contributed by atoms with Gasteiger partial charge in [0.15, 0.2) is 22.4 Å². The van der Waals surface area contributed by atoms with Crippen molar-refractivity contribution in [1.29, 1.82) is 0 Å². The van der Waals surface area contributed by atoms with Crippen molar-refractivity contribution < 1.29 is 28.6 Å². The molecule has 1 saturated heterocycles. The largest absolute Gasteiger partial charge is 0.495 e. The van der Waals surface area contributed by atoms with Crippen molar-refractivity contribution in [2.24, 2.45) is 0 Å². The van der Waals surface area contributed by atoms with Crippen LogP contribution in [0, 0.1) is 0 Å². The average Bonchev–Trinajstić information content (AvgIpc) is 3.20. The summed E-state index contributed by atoms with van der Waals surface area (Å²) in [6.07, 6.45) is 1.65. The van der Waals surface area contributed by atoms with Crippen LogP contribution in [0.5, 0.6) is 17.2 Å². The summed E-state index contributed by atoms with van der Waals surface area (Å²) in [7, 11) is 1.52. The van der Waals surface area contributed by atoms with Crippen LogP contribution in [0.3, 0.4) is 0 Å². The number of amides is 3. The van der Waals surface area contributed by atoms with Gasteiger partial charge in [0.05, 0.1) is 24.3 Å². The number of anilines is 1. The van der Waals surface area contributed by atoms with Crippen molar-refractivity contribution in [3.05, 3.63) is 88.8 Å². The zero-order valence-corrected chi connectivity index (χ0v) is 22.8. The van der Waals surface area contributed by atoms with Gasteiger partial charge < -0.3 is 19.5 Å². The number of carbonyl (C=O) groups is 3. The molecule has 0 saturated carbocycles. The second-order valence-electron chi connectivity index (χ2n) is 8.00. The van der Waals surface area contributed by atoms with Crippen molar-refractivity contribution in [3.8, 4) is 17.2 Å². The van der Waals surface area contributed by atoms with Crippen molar-refractivity contribution >= 4 is 57.8 Å². The molecule has 0 aromatic heterocycles. The molecule has 0 radical (unpaired) electrons. The molecule has 0 atom stereocenters. The van der Waals surface area contributed by atoms with Crippen LogP contribution >= 0.6 is 24.0 Å². The van der Waals surface area contributed by atoms with Gasteiger partial charge in [0.25, 0.3) is 17.7 Å². The lowest BCUT2D eigenvalue weighted by atomic mass is 10.2. The molecule has 3 aromatic carbocycles. The molecule has 39 heavy (non-hydrogen) atoms. The highest BCUT2D eigenvalue weighted by atomic mass is 32.2. The van der Waals surface area contributed by atoms with Crippen LogP contribution in [0.1, 0.15) is 22.8 Å². The monoisotopic (exact) mass is 563 g/mol. The van der Waals surface area contributed by atoms with Crippen molar-refractivity contribution in [3.63, 3.8) is 0 Å². The van der Waals surface area contributed by atoms with Gasteiger partial charge in [-0.3, -0.25) is 19.8 Å². The van der Waals surface area contributed by atoms with E-state index in [0.29, 0.717) is 45.6 Å². The first kappa shape index (κ1) is 27.7. The van der Waals surface area contributed by atoms with Crippen LogP contribution in [-0.2, 0) is 9.59 Å². The molecule has 0 unspecified atom stereocenters. The van der Waals surface area contributed by atoms with Gasteiger partial charge in [-0.15, -0.1) is 0 Å². The Morgan fingerprint density at radius 1 is 0.974 bits per heavy atom. The maximum atomic E-state index is 13.0. The number of para-hydroxylation sites is 2. The fourth-order valence-electron chi connectivity index (χ4n) is 3.55. The summed E-state index contributed by atoms with van der Waals surface area (Å²) >= 11 is 6.39. The number of hydrogen-bond acceptors (Lipinski definition) is 8. The minimum Gasteiger partial charge on any atom is -0.495 e. The second-order valence-corrected chi connectivity index (χ2v) is 9.68. The van der Waals surface area contributed by atoms with Crippen molar-refractivity contribution in [2.75, 3.05) is 25.6 Å². The number of hydrazine groups is 1. The number of carbonyl (C=O) groups excluding carboxylic acids is 3. The Morgan fingerprint density at radius 2 is 1.72 bits per heavy atom. The minimum absolute atomic E-state index is 0.210. The number of methoxy groups -OCH3 is 1. The number of thioether (sulfide) groups is 1. The van der Waals surface area contributed by atoms with Gasteiger partial charge >= 0.3 is 0 Å². The van der Waals surface area contributed by atoms with Gasteiger partial charge in [0, 0.05) is 5.56 Å². The summed E-state index contributed by atoms with van der Waals surface area (Å²) in [6.45, 7) is 1.93. The lowest BCUT2D eigenvalue weighted by molar-refractivity contribution is -0.123. The molecule has 3 aromatic rings. The van der Waals surface area contributed by atoms with Crippen LogP contribution in [0.4, 0.5) is 5.69 Å². The zero-order valence-electron chi connectivity index (χ0n) is 21.1. The van der Waals surface area contributed by atoms with E-state index in [4.69, 9.17) is 26.4 Å². The number of hydrogen-bond donors (Lipinski definition) is 2. The summed E-state index contributed by atoms with van der Waals surface area (Å²) in [5, 5.41) is 3.81. The molecule has 0 spiro atoms. The Hall–Kier alpha value is -4.35. The van der Waals surface area contributed by atoms with E-state index in [0.717, 1.165) is 16.8 Å². The third-order valence-corrected chi connectivity index (χ3v) is 6.65. The van der Waals surface area contributed by atoms with Crippen LogP contribution < -0.4 is 25.0 Å². The smallest absolute Gasteiger partial charge is 0.285 e. The summed E-state index contributed by atoms with van der Waals surface area (Å²) < 4.78 is 16.9. The topological polar surface area (TPSA) is 106 Å². The Morgan fingerprint density at radius 3 is 2.46 bits per heavy atom. The SMILES string of the molecule is CCOc1cc(/C=C2/SC(=S)N(NC(=O)c3ccccc3)C2=O)ccc1OCC(=O)Nc1ccccc1OC. The molecule has 11 heteroatoms. The molecule has 4 rings (SSSR count). The standard InChI is InChI=1S/C28H25N3O6S2/c1-3-36-23-15-18(13-14-22(23)37-17-25(32)29-20-11-7-8-12-21(20)35-2)16-24-27(34)31(28(38)39-24)30-26(33)19-9-5-4-6-10-19/h4-16H,3,17H2,1-2H3,(H,29,32)(H,30,33)/b24-16+. The molecular weight excluding hydrogens is 538 g/mol. The van der Waals surface area contributed by atoms with E-state index in [1.165, 1.54) is 7.11 Å². The third-order valence-electron chi connectivity index (χ3n) is 5.35. The highest BCUT2D eigenvalue weighted by molar-refractivity contribution is 8.26. The minimum atomic E-state index is -0.444. The van der Waals surface area contributed by atoms with E-state index in [1.54, 1.807) is 78.9 Å². The fourth-order valence-corrected chi connectivity index (χ4v) is 4.73. The van der Waals surface area contributed by atoms with E-state index in [9.17, 15) is 14.4 Å². The molecule has 1 aliphatic rings. The molecule has 0 aliphatic carbocycles. The summed E-state index contributed by atoms with van der Waals surface area (Å²) in [4.78, 5) is 38.2. The Balaban J connectivity index is 1.43. The molecule has 2 N–H and O–H groups in total. The Labute approximate surface area is 235 Å². The van der Waals surface area contributed by atoms with Gasteiger partial charge in [-0.2, -0.15) is 5.01 Å². The molecule has 1 aliphatic heterocycles. The van der Waals surface area contributed by atoms with Crippen molar-refractivity contribution in [1.82, 2.24) is 10.4 Å². The predicted octanol–water partition coefficient (Wildman–Crippen LogP) is 4.66. The zero-order chi connectivity index (χ0) is 27.8. The average molecular weight is 564 g/mol. The molecule has 1 heterocycles. The summed E-state index contributed by atoms with van der Waals surface area (Å²) in [5.41, 5.74) is 4.15. The van der Waals surface area contributed by atoms with Gasteiger partial charge in [0.2, 0.25) is 0 Å². The van der Waals surface area contributed by atoms with Crippen LogP contribution in [0.2, 0.25) is 0 Å². The predicted molar refractivity (Wildman–Crippen MR) is 154 cm³/mol. The van der Waals surface area contributed by atoms with E-state index in [1.807, 2.05) is 6.92 Å². The molecule has 200 valence electrons. The maximum Gasteiger partial charge on any atom is 0.285 e. The number of thiocarbonyl (C=S) groups is 1. The molecule has 3 amide bonds. The quantitative estimate of drug-likeness (QED) is 0.271. The number of rotatable bonds is 10. The number of nitrogens with one attached hydrogen (secondary N) is 2. The summed E-state index contributed by atoms with van der Waals surface area (Å²) in [6, 6.07) is 20.7. The molecule has 1 fully saturated rings. The highest BCUT2D eigenvalue weighted by Crippen LogP contribution is 2.34. The van der Waals surface area contributed by atoms with Gasteiger partial charge in [0.1, 0.15) is 5.75 Å². The van der Waals surface area contributed by atoms with Crippen LogP contribution in [0.15, 0.2) is 77.7 Å². The van der Waals surface area contributed by atoms with E-state index in [2.05, 4.69) is 10.7 Å². The lowest BCUT2D eigenvalue weighted by Crippen LogP contribution is -2.44. The summed E-state index contributed by atoms with van der Waals surface area (Å²) in [5.74, 6) is 0.0576.